The SMILES string of the molecule is COc1cccc(CC(=O)Nc2onc(-c3ccc(Cl)cc3)c2-c2nccc(N)n2)c1. The highest BCUT2D eigenvalue weighted by molar-refractivity contribution is 6.30. The molecular weight excluding hydrogens is 418 g/mol. The molecule has 8 nitrogen and oxygen atoms in total. The fraction of sp³-hybridized carbons (Fsp3) is 0.0909. The second-order valence-corrected chi connectivity index (χ2v) is 7.06. The molecule has 0 unspecified atom stereocenters. The number of carbonyl (C=O) groups excluding carboxylic acids is 1. The average Bonchev–Trinajstić information content (AvgIpc) is 3.17. The maximum absolute atomic E-state index is 12.7. The second kappa shape index (κ2) is 8.85. The molecule has 0 fully saturated rings. The Balaban J connectivity index is 1.68. The molecule has 4 rings (SSSR count). The van der Waals surface area contributed by atoms with Crippen LogP contribution < -0.4 is 15.8 Å². The van der Waals surface area contributed by atoms with Gasteiger partial charge in [0.1, 0.15) is 22.8 Å². The number of ether oxygens (including phenoxy) is 1. The molecule has 2 aromatic carbocycles. The number of methoxy groups -OCH3 is 1. The van der Waals surface area contributed by atoms with Crippen LogP contribution in [-0.2, 0) is 11.2 Å². The quantitative estimate of drug-likeness (QED) is 0.465. The zero-order valence-corrected chi connectivity index (χ0v) is 17.3. The van der Waals surface area contributed by atoms with E-state index >= 15 is 0 Å². The lowest BCUT2D eigenvalue weighted by Gasteiger charge is -2.07. The molecular formula is C22H18ClN5O3. The van der Waals surface area contributed by atoms with Crippen molar-refractivity contribution in [2.75, 3.05) is 18.2 Å². The molecule has 3 N–H and O–H groups in total. The third-order valence-electron chi connectivity index (χ3n) is 4.46. The molecule has 0 aliphatic carbocycles. The van der Waals surface area contributed by atoms with E-state index in [9.17, 15) is 4.79 Å². The van der Waals surface area contributed by atoms with Crippen LogP contribution in [0.15, 0.2) is 65.3 Å². The van der Waals surface area contributed by atoms with Crippen molar-refractivity contribution in [3.8, 4) is 28.4 Å². The second-order valence-electron chi connectivity index (χ2n) is 6.62. The van der Waals surface area contributed by atoms with Gasteiger partial charge in [-0.15, -0.1) is 0 Å². The molecule has 31 heavy (non-hydrogen) atoms. The first-order valence-electron chi connectivity index (χ1n) is 9.31. The van der Waals surface area contributed by atoms with Gasteiger partial charge < -0.3 is 15.0 Å². The summed E-state index contributed by atoms with van der Waals surface area (Å²) in [5, 5.41) is 7.48. The van der Waals surface area contributed by atoms with E-state index in [-0.39, 0.29) is 29.9 Å². The Morgan fingerprint density at radius 1 is 1.19 bits per heavy atom. The summed E-state index contributed by atoms with van der Waals surface area (Å²) in [5.41, 5.74) is 8.23. The number of hydrogen-bond acceptors (Lipinski definition) is 7. The van der Waals surface area contributed by atoms with E-state index < -0.39 is 0 Å². The molecule has 0 aliphatic rings. The number of hydrogen-bond donors (Lipinski definition) is 2. The van der Waals surface area contributed by atoms with Crippen LogP contribution in [0.25, 0.3) is 22.6 Å². The molecule has 2 aromatic heterocycles. The van der Waals surface area contributed by atoms with Gasteiger partial charge in [-0.25, -0.2) is 9.97 Å². The molecule has 2 heterocycles. The molecule has 156 valence electrons. The molecule has 0 saturated heterocycles. The van der Waals surface area contributed by atoms with Gasteiger partial charge in [-0.05, 0) is 35.9 Å². The van der Waals surface area contributed by atoms with Gasteiger partial charge in [0.2, 0.25) is 11.8 Å². The van der Waals surface area contributed by atoms with Crippen LogP contribution in [0.3, 0.4) is 0 Å². The highest BCUT2D eigenvalue weighted by Gasteiger charge is 2.23. The summed E-state index contributed by atoms with van der Waals surface area (Å²) in [6, 6.07) is 15.9. The van der Waals surface area contributed by atoms with Crippen LogP contribution in [0.4, 0.5) is 11.7 Å². The standard InChI is InChI=1S/C22H18ClN5O3/c1-30-16-4-2-3-13(11-16)12-18(29)27-22-19(21-25-10-9-17(24)26-21)20(28-31-22)14-5-7-15(23)8-6-14/h2-11H,12H2,1H3,(H,27,29)(H2,24,25,26). The van der Waals surface area contributed by atoms with Gasteiger partial charge in [0, 0.05) is 16.8 Å². The molecule has 0 saturated carbocycles. The van der Waals surface area contributed by atoms with Crippen molar-refractivity contribution >= 4 is 29.2 Å². The third-order valence-corrected chi connectivity index (χ3v) is 4.71. The zero-order valence-electron chi connectivity index (χ0n) is 16.5. The molecule has 0 bridgehead atoms. The first kappa shape index (κ1) is 20.4. The smallest absolute Gasteiger partial charge is 0.243 e. The van der Waals surface area contributed by atoms with Crippen molar-refractivity contribution in [2.24, 2.45) is 0 Å². The van der Waals surface area contributed by atoms with Gasteiger partial charge in [0.15, 0.2) is 5.82 Å². The molecule has 1 amide bonds. The number of nitrogens with one attached hydrogen (secondary N) is 1. The Morgan fingerprint density at radius 2 is 2.00 bits per heavy atom. The monoisotopic (exact) mass is 435 g/mol. The number of nitrogens with two attached hydrogens (primary N) is 1. The Labute approximate surface area is 183 Å². The van der Waals surface area contributed by atoms with Crippen LogP contribution in [0.1, 0.15) is 5.56 Å². The van der Waals surface area contributed by atoms with Crippen molar-refractivity contribution in [1.29, 1.82) is 0 Å². The van der Waals surface area contributed by atoms with E-state index in [2.05, 4.69) is 20.4 Å². The van der Waals surface area contributed by atoms with Gasteiger partial charge in [-0.1, -0.05) is 41.0 Å². The van der Waals surface area contributed by atoms with Crippen molar-refractivity contribution in [3.63, 3.8) is 0 Å². The van der Waals surface area contributed by atoms with Crippen molar-refractivity contribution in [2.45, 2.75) is 6.42 Å². The summed E-state index contributed by atoms with van der Waals surface area (Å²) in [6.07, 6.45) is 1.64. The molecule has 0 atom stereocenters. The number of carbonyl (C=O) groups is 1. The fourth-order valence-corrected chi connectivity index (χ4v) is 3.15. The lowest BCUT2D eigenvalue weighted by Crippen LogP contribution is -2.14. The number of nitrogen functional groups attached to an aromatic ring is 1. The maximum Gasteiger partial charge on any atom is 0.243 e. The molecule has 9 heteroatoms. The topological polar surface area (TPSA) is 116 Å². The van der Waals surface area contributed by atoms with E-state index in [1.165, 1.54) is 6.20 Å². The predicted octanol–water partition coefficient (Wildman–Crippen LogP) is 4.22. The van der Waals surface area contributed by atoms with Crippen LogP contribution in [-0.4, -0.2) is 28.1 Å². The number of aromatic nitrogens is 3. The van der Waals surface area contributed by atoms with E-state index in [1.807, 2.05) is 18.2 Å². The largest absolute Gasteiger partial charge is 0.497 e. The lowest BCUT2D eigenvalue weighted by atomic mass is 10.1. The van der Waals surface area contributed by atoms with Crippen LogP contribution in [0.2, 0.25) is 5.02 Å². The highest BCUT2D eigenvalue weighted by Crippen LogP contribution is 2.36. The summed E-state index contributed by atoms with van der Waals surface area (Å²) in [6.45, 7) is 0. The first-order chi connectivity index (χ1) is 15.0. The van der Waals surface area contributed by atoms with Gasteiger partial charge in [0.05, 0.1) is 13.5 Å². The van der Waals surface area contributed by atoms with Crippen molar-refractivity contribution < 1.29 is 14.1 Å². The van der Waals surface area contributed by atoms with E-state index in [1.54, 1.807) is 43.5 Å². The Bertz CT molecular complexity index is 1220. The van der Waals surface area contributed by atoms with Crippen molar-refractivity contribution in [1.82, 2.24) is 15.1 Å². The highest BCUT2D eigenvalue weighted by atomic mass is 35.5. The zero-order chi connectivity index (χ0) is 21.8. The first-order valence-corrected chi connectivity index (χ1v) is 9.68. The number of nitrogens with zero attached hydrogens (tertiary/aromatic N) is 3. The molecule has 0 spiro atoms. The normalized spacial score (nSPS) is 10.6. The number of anilines is 2. The number of amides is 1. The minimum Gasteiger partial charge on any atom is -0.497 e. The van der Waals surface area contributed by atoms with Gasteiger partial charge in [-0.3, -0.25) is 10.1 Å². The van der Waals surface area contributed by atoms with E-state index in [4.69, 9.17) is 26.6 Å². The van der Waals surface area contributed by atoms with Crippen LogP contribution in [0.5, 0.6) is 5.75 Å². The molecule has 4 aromatic rings. The summed E-state index contributed by atoms with van der Waals surface area (Å²) in [5.74, 6) is 1.06. The minimum atomic E-state index is -0.294. The summed E-state index contributed by atoms with van der Waals surface area (Å²) in [4.78, 5) is 21.2. The summed E-state index contributed by atoms with van der Waals surface area (Å²) in [7, 11) is 1.57. The summed E-state index contributed by atoms with van der Waals surface area (Å²) >= 11 is 6.00. The Kier molecular flexibility index (Phi) is 5.81. The van der Waals surface area contributed by atoms with Gasteiger partial charge >= 0.3 is 0 Å². The number of halogens is 1. The Hall–Kier alpha value is -3.91. The lowest BCUT2D eigenvalue weighted by molar-refractivity contribution is -0.115. The Morgan fingerprint density at radius 3 is 2.74 bits per heavy atom. The molecule has 0 radical (unpaired) electrons. The number of benzene rings is 2. The number of rotatable bonds is 6. The fourth-order valence-electron chi connectivity index (χ4n) is 3.02. The average molecular weight is 436 g/mol. The van der Waals surface area contributed by atoms with Crippen LogP contribution >= 0.6 is 11.6 Å². The summed E-state index contributed by atoms with van der Waals surface area (Å²) < 4.78 is 10.7. The predicted molar refractivity (Wildman–Crippen MR) is 118 cm³/mol. The van der Waals surface area contributed by atoms with E-state index in [0.717, 1.165) is 11.1 Å². The van der Waals surface area contributed by atoms with Gasteiger partial charge in [-0.2, -0.15) is 0 Å². The third kappa shape index (κ3) is 4.65. The minimum absolute atomic E-state index is 0.116. The molecule has 0 aliphatic heterocycles. The van der Waals surface area contributed by atoms with Crippen LogP contribution in [0, 0.1) is 0 Å². The van der Waals surface area contributed by atoms with Crippen molar-refractivity contribution in [3.05, 3.63) is 71.4 Å². The maximum atomic E-state index is 12.7. The van der Waals surface area contributed by atoms with Gasteiger partial charge in [0.25, 0.3) is 0 Å². The van der Waals surface area contributed by atoms with E-state index in [0.29, 0.717) is 22.0 Å².